The zero-order valence-electron chi connectivity index (χ0n) is 15.6. The molecule has 152 valence electrons. The number of methoxy groups -OCH3 is 1. The maximum Gasteiger partial charge on any atom is 0.252 e. The van der Waals surface area contributed by atoms with E-state index in [4.69, 9.17) is 4.74 Å². The molecule has 2 fully saturated rings. The van der Waals surface area contributed by atoms with Crippen LogP contribution in [0.4, 0.5) is 5.69 Å². The Morgan fingerprint density at radius 1 is 1.24 bits per heavy atom. The van der Waals surface area contributed by atoms with Crippen LogP contribution in [0.2, 0.25) is 0 Å². The van der Waals surface area contributed by atoms with Crippen molar-refractivity contribution >= 4 is 61.0 Å². The second-order valence-corrected chi connectivity index (χ2v) is 11.6. The normalized spacial score (nSPS) is 23.9. The molecule has 2 aliphatic rings. The molecule has 4 rings (SSSR count). The average molecular weight is 542 g/mol. The van der Waals surface area contributed by atoms with E-state index in [9.17, 15) is 13.2 Å². The lowest BCUT2D eigenvalue weighted by molar-refractivity contribution is -0.117. The first-order chi connectivity index (χ1) is 13.8. The van der Waals surface area contributed by atoms with Crippen molar-refractivity contribution < 1.29 is 17.9 Å². The van der Waals surface area contributed by atoms with Gasteiger partial charge in [0, 0.05) is 14.5 Å². The van der Waals surface area contributed by atoms with Crippen LogP contribution >= 0.6 is 34.4 Å². The Morgan fingerprint density at radius 2 is 2.00 bits per heavy atom. The quantitative estimate of drug-likeness (QED) is 0.553. The van der Waals surface area contributed by atoms with Crippen molar-refractivity contribution in [1.82, 2.24) is 0 Å². The number of ether oxygens (including phenoxy) is 1. The molecule has 9 heteroatoms. The number of nitrogens with zero attached hydrogens (tertiary/aromatic N) is 2. The maximum atomic E-state index is 12.6. The summed E-state index contributed by atoms with van der Waals surface area (Å²) in [6, 6.07) is 14.9. The molecule has 0 N–H and O–H groups in total. The van der Waals surface area contributed by atoms with E-state index >= 15 is 0 Å². The van der Waals surface area contributed by atoms with Crippen molar-refractivity contribution in [2.75, 3.05) is 23.5 Å². The summed E-state index contributed by atoms with van der Waals surface area (Å²) in [6.45, 7) is 0. The van der Waals surface area contributed by atoms with E-state index in [1.807, 2.05) is 53.4 Å². The van der Waals surface area contributed by atoms with Crippen molar-refractivity contribution in [3.05, 3.63) is 57.7 Å². The summed E-state index contributed by atoms with van der Waals surface area (Å²) in [5, 5.41) is 0.473. The molecule has 2 saturated heterocycles. The number of benzene rings is 2. The third-order valence-corrected chi connectivity index (χ3v) is 8.77. The average Bonchev–Trinajstić information content (AvgIpc) is 3.12. The third-order valence-electron chi connectivity index (χ3n) is 4.89. The van der Waals surface area contributed by atoms with Gasteiger partial charge in [0.1, 0.15) is 5.75 Å². The number of hydrogen-bond acceptors (Lipinski definition) is 5. The third kappa shape index (κ3) is 4.61. The highest BCUT2D eigenvalue weighted by atomic mass is 127. The van der Waals surface area contributed by atoms with Crippen LogP contribution in [0.5, 0.6) is 5.75 Å². The van der Waals surface area contributed by atoms with Crippen molar-refractivity contribution in [2.24, 2.45) is 4.99 Å². The van der Waals surface area contributed by atoms with Gasteiger partial charge in [-0.05, 0) is 58.5 Å². The first-order valence-corrected chi connectivity index (χ1v) is 12.8. The van der Waals surface area contributed by atoms with Gasteiger partial charge in [-0.2, -0.15) is 4.99 Å². The minimum atomic E-state index is -3.08. The number of carbonyl (C=O) groups excluding carboxylic acids is 1. The summed E-state index contributed by atoms with van der Waals surface area (Å²) >= 11 is 3.61. The van der Waals surface area contributed by atoms with Gasteiger partial charge in [0.15, 0.2) is 15.0 Å². The smallest absolute Gasteiger partial charge is 0.252 e. The Labute approximate surface area is 187 Å². The van der Waals surface area contributed by atoms with Gasteiger partial charge < -0.3 is 9.64 Å². The van der Waals surface area contributed by atoms with Gasteiger partial charge in [0.2, 0.25) is 0 Å². The van der Waals surface area contributed by atoms with Gasteiger partial charge in [0.05, 0.1) is 31.1 Å². The van der Waals surface area contributed by atoms with Crippen LogP contribution in [0.25, 0.3) is 0 Å². The molecule has 6 nitrogen and oxygen atoms in total. The fourth-order valence-electron chi connectivity index (χ4n) is 3.56. The molecule has 0 saturated carbocycles. The lowest BCUT2D eigenvalue weighted by atomic mass is 10.1. The first-order valence-electron chi connectivity index (χ1n) is 9.01. The zero-order chi connectivity index (χ0) is 20.6. The molecule has 2 atom stereocenters. The molecule has 0 aliphatic carbocycles. The molecule has 0 radical (unpaired) electrons. The summed E-state index contributed by atoms with van der Waals surface area (Å²) in [5.41, 5.74) is 1.72. The molecule has 29 heavy (non-hydrogen) atoms. The fraction of sp³-hybridized carbons (Fsp3) is 0.300. The van der Waals surface area contributed by atoms with Crippen LogP contribution in [0.15, 0.2) is 53.5 Å². The number of halogens is 1. The van der Waals surface area contributed by atoms with E-state index in [1.165, 1.54) is 11.8 Å². The van der Waals surface area contributed by atoms with Gasteiger partial charge >= 0.3 is 0 Å². The number of fused-ring (bicyclic) bond motifs is 1. The molecule has 0 aromatic heterocycles. The number of thioether (sulfide) groups is 1. The van der Waals surface area contributed by atoms with Crippen molar-refractivity contribution in [3.8, 4) is 5.75 Å². The first kappa shape index (κ1) is 20.7. The summed E-state index contributed by atoms with van der Waals surface area (Å²) in [5.74, 6) is 0.685. The number of amides is 1. The van der Waals surface area contributed by atoms with E-state index < -0.39 is 9.84 Å². The van der Waals surface area contributed by atoms with E-state index in [2.05, 4.69) is 27.6 Å². The van der Waals surface area contributed by atoms with E-state index in [1.54, 1.807) is 7.11 Å². The topological polar surface area (TPSA) is 76.0 Å². The molecule has 0 unspecified atom stereocenters. The van der Waals surface area contributed by atoms with Gasteiger partial charge in [-0.25, -0.2) is 8.42 Å². The number of carbonyl (C=O) groups is 1. The van der Waals surface area contributed by atoms with Crippen LogP contribution < -0.4 is 9.64 Å². The number of hydrogen-bond donors (Lipinski definition) is 0. The molecule has 2 aromatic carbocycles. The highest BCUT2D eigenvalue weighted by Gasteiger charge is 2.49. The molecular weight excluding hydrogens is 523 g/mol. The minimum Gasteiger partial charge on any atom is -0.497 e. The molecular formula is C20H19IN2O4S2. The lowest BCUT2D eigenvalue weighted by Crippen LogP contribution is -2.37. The van der Waals surface area contributed by atoms with Crippen molar-refractivity contribution in [3.63, 3.8) is 0 Å². The zero-order valence-corrected chi connectivity index (χ0v) is 19.4. The highest BCUT2D eigenvalue weighted by molar-refractivity contribution is 14.1. The summed E-state index contributed by atoms with van der Waals surface area (Å²) in [7, 11) is -1.48. The Balaban J connectivity index is 1.61. The number of amidine groups is 1. The van der Waals surface area contributed by atoms with Gasteiger partial charge in [-0.1, -0.05) is 30.0 Å². The lowest BCUT2D eigenvalue weighted by Gasteiger charge is -2.24. The molecule has 0 bridgehead atoms. The summed E-state index contributed by atoms with van der Waals surface area (Å²) in [6.07, 6.45) is 0.182. The van der Waals surface area contributed by atoms with Crippen LogP contribution in [0, 0.1) is 3.57 Å². The molecule has 2 aliphatic heterocycles. The number of aliphatic imine (C=N–C) groups is 1. The van der Waals surface area contributed by atoms with Gasteiger partial charge in [0.25, 0.3) is 5.91 Å². The Hall–Kier alpha value is -1.59. The van der Waals surface area contributed by atoms with Gasteiger partial charge in [-0.15, -0.1) is 0 Å². The Bertz CT molecular complexity index is 1070. The minimum absolute atomic E-state index is 0.0851. The Kier molecular flexibility index (Phi) is 5.90. The second-order valence-electron chi connectivity index (χ2n) is 6.96. The van der Waals surface area contributed by atoms with Crippen LogP contribution in [-0.2, 0) is 21.1 Å². The summed E-state index contributed by atoms with van der Waals surface area (Å²) in [4.78, 5) is 18.9. The SMILES string of the molecule is COc1ccc(CC(=O)N=C2S[C@H]3CS(=O)(=O)C[C@@H]3N2c2cccc(I)c2)cc1. The Morgan fingerprint density at radius 3 is 2.69 bits per heavy atom. The van der Waals surface area contributed by atoms with Crippen LogP contribution in [-0.4, -0.2) is 49.4 Å². The van der Waals surface area contributed by atoms with E-state index in [0.29, 0.717) is 5.17 Å². The van der Waals surface area contributed by atoms with Crippen molar-refractivity contribution in [2.45, 2.75) is 17.7 Å². The number of anilines is 1. The molecule has 0 spiro atoms. The van der Waals surface area contributed by atoms with E-state index in [-0.39, 0.29) is 35.1 Å². The van der Waals surface area contributed by atoms with E-state index in [0.717, 1.165) is 20.6 Å². The predicted octanol–water partition coefficient (Wildman–Crippen LogP) is 3.14. The molecule has 1 amide bonds. The largest absolute Gasteiger partial charge is 0.497 e. The summed E-state index contributed by atoms with van der Waals surface area (Å²) < 4.78 is 30.5. The fourth-order valence-corrected chi connectivity index (χ4v) is 8.01. The predicted molar refractivity (Wildman–Crippen MR) is 125 cm³/mol. The van der Waals surface area contributed by atoms with Gasteiger partial charge in [-0.3, -0.25) is 4.79 Å². The molecule has 2 aromatic rings. The standard InChI is InChI=1S/C20H19IN2O4S2/c1-27-16-7-5-13(6-8-16)9-19(24)22-20-23(15-4-2-3-14(21)10-15)17-11-29(25,26)12-18(17)28-20/h2-8,10,17-18H,9,11-12H2,1H3/t17-,18-/m0/s1. The van der Waals surface area contributed by atoms with Crippen LogP contribution in [0.1, 0.15) is 5.56 Å². The van der Waals surface area contributed by atoms with Crippen LogP contribution in [0.3, 0.4) is 0 Å². The number of rotatable bonds is 4. The van der Waals surface area contributed by atoms with Crippen molar-refractivity contribution in [1.29, 1.82) is 0 Å². The molecule has 2 heterocycles. The maximum absolute atomic E-state index is 12.6. The number of sulfone groups is 1. The second kappa shape index (κ2) is 8.27. The monoisotopic (exact) mass is 542 g/mol. The highest BCUT2D eigenvalue weighted by Crippen LogP contribution is 2.41.